The zero-order valence-corrected chi connectivity index (χ0v) is 12.0. The summed E-state index contributed by atoms with van der Waals surface area (Å²) in [5.41, 5.74) is 2.22. The van der Waals surface area contributed by atoms with Gasteiger partial charge in [-0.1, -0.05) is 0 Å². The quantitative estimate of drug-likeness (QED) is 0.914. The smallest absolute Gasteiger partial charge is 0.223 e. The van der Waals surface area contributed by atoms with Crippen molar-refractivity contribution in [3.63, 3.8) is 0 Å². The molecular formula is C15H19N3O2. The molecule has 0 amide bonds. The van der Waals surface area contributed by atoms with E-state index in [-0.39, 0.29) is 11.2 Å². The van der Waals surface area contributed by atoms with Gasteiger partial charge >= 0.3 is 0 Å². The minimum absolute atomic E-state index is 0.168. The molecule has 2 rings (SSSR count). The molecule has 0 saturated carbocycles. The number of aromatic hydroxyl groups is 1. The molecular weight excluding hydrogens is 254 g/mol. The predicted molar refractivity (Wildman–Crippen MR) is 77.8 cm³/mol. The normalized spacial score (nSPS) is 11.0. The molecule has 0 aliphatic heterocycles. The highest BCUT2D eigenvalue weighted by Crippen LogP contribution is 2.17. The van der Waals surface area contributed by atoms with Crippen LogP contribution in [0.3, 0.4) is 0 Å². The molecule has 0 fully saturated rings. The monoisotopic (exact) mass is 273 g/mol. The van der Waals surface area contributed by atoms with Gasteiger partial charge in [0, 0.05) is 37.2 Å². The highest BCUT2D eigenvalue weighted by atomic mass is 16.3. The Morgan fingerprint density at radius 3 is 2.55 bits per heavy atom. The molecule has 2 heterocycles. The first-order valence-corrected chi connectivity index (χ1v) is 6.45. The molecule has 20 heavy (non-hydrogen) atoms. The topological polar surface area (TPSA) is 58.4 Å². The number of rotatable bonds is 4. The number of aromatic nitrogens is 2. The summed E-state index contributed by atoms with van der Waals surface area (Å²) in [4.78, 5) is 17.7. The van der Waals surface area contributed by atoms with Gasteiger partial charge in [-0.15, -0.1) is 0 Å². The molecule has 0 bridgehead atoms. The van der Waals surface area contributed by atoms with Crippen molar-refractivity contribution < 1.29 is 5.11 Å². The standard InChI is InChI=1S/C15H19N3O2/c1-11-8-14(19)15(20)13(10-17(2)3)18(11)9-12-4-6-16-7-5-12/h4-8,20H,9-10H2,1-3H3. The van der Waals surface area contributed by atoms with Crippen molar-refractivity contribution in [2.24, 2.45) is 0 Å². The van der Waals surface area contributed by atoms with Crippen molar-refractivity contribution >= 4 is 0 Å². The van der Waals surface area contributed by atoms with Crippen LogP contribution in [0.4, 0.5) is 0 Å². The Kier molecular flexibility index (Phi) is 4.20. The highest BCUT2D eigenvalue weighted by molar-refractivity contribution is 5.31. The van der Waals surface area contributed by atoms with Crippen LogP contribution in [0.1, 0.15) is 17.0 Å². The van der Waals surface area contributed by atoms with Crippen molar-refractivity contribution in [1.29, 1.82) is 0 Å². The summed E-state index contributed by atoms with van der Waals surface area (Å²) in [6.45, 7) is 2.99. The van der Waals surface area contributed by atoms with E-state index in [1.54, 1.807) is 12.4 Å². The molecule has 1 N–H and O–H groups in total. The van der Waals surface area contributed by atoms with Gasteiger partial charge in [-0.05, 0) is 38.7 Å². The Labute approximate surface area is 118 Å². The van der Waals surface area contributed by atoms with Gasteiger partial charge in [0.2, 0.25) is 5.43 Å². The molecule has 0 saturated heterocycles. The van der Waals surface area contributed by atoms with Crippen LogP contribution in [0.15, 0.2) is 35.4 Å². The van der Waals surface area contributed by atoms with Crippen LogP contribution in [-0.4, -0.2) is 33.7 Å². The van der Waals surface area contributed by atoms with E-state index in [0.29, 0.717) is 18.8 Å². The average Bonchev–Trinajstić information content (AvgIpc) is 2.41. The van der Waals surface area contributed by atoms with Gasteiger partial charge in [-0.2, -0.15) is 0 Å². The maximum absolute atomic E-state index is 11.8. The molecule has 0 atom stereocenters. The largest absolute Gasteiger partial charge is 0.503 e. The van der Waals surface area contributed by atoms with Crippen LogP contribution in [0.5, 0.6) is 5.75 Å². The van der Waals surface area contributed by atoms with Crippen LogP contribution in [0.25, 0.3) is 0 Å². The van der Waals surface area contributed by atoms with Crippen molar-refractivity contribution in [3.05, 3.63) is 57.8 Å². The van der Waals surface area contributed by atoms with Gasteiger partial charge in [0.05, 0.1) is 5.69 Å². The van der Waals surface area contributed by atoms with Gasteiger partial charge in [0.25, 0.3) is 0 Å². The lowest BCUT2D eigenvalue weighted by atomic mass is 10.2. The van der Waals surface area contributed by atoms with Gasteiger partial charge in [-0.25, -0.2) is 0 Å². The van der Waals surface area contributed by atoms with Crippen LogP contribution in [0, 0.1) is 6.92 Å². The van der Waals surface area contributed by atoms with E-state index < -0.39 is 0 Å². The third-order valence-corrected chi connectivity index (χ3v) is 3.15. The number of aryl methyl sites for hydroxylation is 1. The Morgan fingerprint density at radius 2 is 1.95 bits per heavy atom. The SMILES string of the molecule is Cc1cc(=O)c(O)c(CN(C)C)n1Cc1ccncc1. The third-order valence-electron chi connectivity index (χ3n) is 3.15. The van der Waals surface area contributed by atoms with Crippen LogP contribution in [0.2, 0.25) is 0 Å². The zero-order valence-electron chi connectivity index (χ0n) is 12.0. The predicted octanol–water partition coefficient (Wildman–Crippen LogP) is 1.37. The van der Waals surface area contributed by atoms with E-state index in [9.17, 15) is 9.90 Å². The van der Waals surface area contributed by atoms with E-state index >= 15 is 0 Å². The lowest BCUT2D eigenvalue weighted by Gasteiger charge is -2.20. The Hall–Kier alpha value is -2.14. The molecule has 0 aromatic carbocycles. The van der Waals surface area contributed by atoms with E-state index in [1.165, 1.54) is 6.07 Å². The summed E-state index contributed by atoms with van der Waals surface area (Å²) in [7, 11) is 3.81. The Morgan fingerprint density at radius 1 is 1.30 bits per heavy atom. The van der Waals surface area contributed by atoms with Gasteiger partial charge in [0.15, 0.2) is 5.75 Å². The first kappa shape index (κ1) is 14.3. The maximum Gasteiger partial charge on any atom is 0.223 e. The summed E-state index contributed by atoms with van der Waals surface area (Å²) >= 11 is 0. The fourth-order valence-corrected chi connectivity index (χ4v) is 2.17. The molecule has 2 aromatic heterocycles. The first-order valence-electron chi connectivity index (χ1n) is 6.45. The van der Waals surface area contributed by atoms with Crippen molar-refractivity contribution in [1.82, 2.24) is 14.5 Å². The fraction of sp³-hybridized carbons (Fsp3) is 0.333. The summed E-state index contributed by atoms with van der Waals surface area (Å²) < 4.78 is 1.96. The fourth-order valence-electron chi connectivity index (χ4n) is 2.17. The summed E-state index contributed by atoms with van der Waals surface area (Å²) in [5, 5.41) is 10.1. The van der Waals surface area contributed by atoms with Crippen LogP contribution < -0.4 is 5.43 Å². The lowest BCUT2D eigenvalue weighted by Crippen LogP contribution is -2.22. The lowest BCUT2D eigenvalue weighted by molar-refractivity contribution is 0.364. The van der Waals surface area contributed by atoms with E-state index in [1.807, 2.05) is 42.6 Å². The van der Waals surface area contributed by atoms with Gasteiger partial charge in [-0.3, -0.25) is 9.78 Å². The van der Waals surface area contributed by atoms with E-state index in [0.717, 1.165) is 11.3 Å². The van der Waals surface area contributed by atoms with Crippen molar-refractivity contribution in [2.75, 3.05) is 14.1 Å². The Bertz CT molecular complexity index is 648. The molecule has 106 valence electrons. The summed E-state index contributed by atoms with van der Waals surface area (Å²) in [5.74, 6) is -0.168. The van der Waals surface area contributed by atoms with Crippen LogP contribution in [-0.2, 0) is 13.1 Å². The number of hydrogen-bond acceptors (Lipinski definition) is 4. The van der Waals surface area contributed by atoms with Crippen molar-refractivity contribution in [3.8, 4) is 5.75 Å². The number of hydrogen-bond donors (Lipinski definition) is 1. The minimum atomic E-state index is -0.328. The molecule has 0 aliphatic carbocycles. The molecule has 0 spiro atoms. The summed E-state index contributed by atoms with van der Waals surface area (Å²) in [6.07, 6.45) is 3.47. The second-order valence-electron chi connectivity index (χ2n) is 5.12. The highest BCUT2D eigenvalue weighted by Gasteiger charge is 2.14. The Balaban J connectivity index is 2.50. The van der Waals surface area contributed by atoms with E-state index in [4.69, 9.17) is 0 Å². The molecule has 5 heteroatoms. The van der Waals surface area contributed by atoms with E-state index in [2.05, 4.69) is 4.98 Å². The molecule has 0 unspecified atom stereocenters. The molecule has 0 aliphatic rings. The molecule has 2 aromatic rings. The second-order valence-corrected chi connectivity index (χ2v) is 5.12. The number of nitrogens with zero attached hydrogens (tertiary/aromatic N) is 3. The summed E-state index contributed by atoms with van der Waals surface area (Å²) in [6, 6.07) is 5.32. The molecule has 0 radical (unpaired) electrons. The molecule has 5 nitrogen and oxygen atoms in total. The third kappa shape index (κ3) is 3.05. The van der Waals surface area contributed by atoms with Gasteiger partial charge < -0.3 is 14.6 Å². The van der Waals surface area contributed by atoms with Crippen molar-refractivity contribution in [2.45, 2.75) is 20.0 Å². The first-order chi connectivity index (χ1) is 9.49. The number of pyridine rings is 2. The minimum Gasteiger partial charge on any atom is -0.503 e. The maximum atomic E-state index is 11.8. The average molecular weight is 273 g/mol. The zero-order chi connectivity index (χ0) is 14.7. The second kappa shape index (κ2) is 5.88. The van der Waals surface area contributed by atoms with Gasteiger partial charge in [0.1, 0.15) is 0 Å². The van der Waals surface area contributed by atoms with Crippen LogP contribution >= 0.6 is 0 Å².